The van der Waals surface area contributed by atoms with E-state index in [1.165, 1.54) is 20.2 Å². The van der Waals surface area contributed by atoms with Crippen molar-refractivity contribution in [1.82, 2.24) is 18.8 Å². The number of carbonyl (C=O) groups is 1. The third-order valence-corrected chi connectivity index (χ3v) is 7.06. The Balaban J connectivity index is 1.72. The third kappa shape index (κ3) is 4.72. The summed E-state index contributed by atoms with van der Waals surface area (Å²) in [6.45, 7) is 2.98. The number of aromatic nitrogens is 2. The Hall–Kier alpha value is -2.91. The predicted octanol–water partition coefficient (Wildman–Crippen LogP) is 2.17. The van der Waals surface area contributed by atoms with Crippen molar-refractivity contribution in [3.8, 4) is 0 Å². The number of nitrogens with zero attached hydrogens (tertiary/aromatic N) is 3. The van der Waals surface area contributed by atoms with E-state index in [4.69, 9.17) is 0 Å². The van der Waals surface area contributed by atoms with Crippen LogP contribution in [0, 0.1) is 0 Å². The Labute approximate surface area is 182 Å². The van der Waals surface area contributed by atoms with Crippen molar-refractivity contribution in [2.45, 2.75) is 44.3 Å². The van der Waals surface area contributed by atoms with Crippen LogP contribution in [0.4, 0.5) is 0 Å². The van der Waals surface area contributed by atoms with Gasteiger partial charge >= 0.3 is 5.69 Å². The zero-order valence-corrected chi connectivity index (χ0v) is 18.9. The van der Waals surface area contributed by atoms with Crippen LogP contribution >= 0.6 is 0 Å². The molecule has 1 heterocycles. The van der Waals surface area contributed by atoms with Gasteiger partial charge in [-0.3, -0.25) is 13.9 Å². The molecule has 9 heteroatoms. The van der Waals surface area contributed by atoms with Crippen LogP contribution in [-0.4, -0.2) is 41.9 Å². The molecule has 166 valence electrons. The molecule has 8 nitrogen and oxygen atoms in total. The number of benzene rings is 2. The number of nitrogens with one attached hydrogen (secondary N) is 1. The zero-order chi connectivity index (χ0) is 22.6. The molecule has 0 spiro atoms. The molecule has 31 heavy (non-hydrogen) atoms. The van der Waals surface area contributed by atoms with Crippen molar-refractivity contribution in [1.29, 1.82) is 0 Å². The van der Waals surface area contributed by atoms with E-state index >= 15 is 0 Å². The van der Waals surface area contributed by atoms with E-state index in [0.29, 0.717) is 12.1 Å². The van der Waals surface area contributed by atoms with Crippen LogP contribution in [0.1, 0.15) is 25.3 Å². The number of sulfonamides is 1. The summed E-state index contributed by atoms with van der Waals surface area (Å²) in [7, 11) is -0.670. The van der Waals surface area contributed by atoms with E-state index in [2.05, 4.69) is 5.32 Å². The van der Waals surface area contributed by atoms with Gasteiger partial charge in [0.15, 0.2) is 0 Å². The first-order valence-corrected chi connectivity index (χ1v) is 11.7. The Morgan fingerprint density at radius 3 is 2.16 bits per heavy atom. The smallest absolute Gasteiger partial charge is 0.329 e. The maximum Gasteiger partial charge on any atom is 0.329 e. The van der Waals surface area contributed by atoms with Crippen LogP contribution in [0.5, 0.6) is 0 Å². The molecule has 0 radical (unpaired) electrons. The molecular weight excluding hydrogens is 416 g/mol. The third-order valence-electron chi connectivity index (χ3n) is 5.14. The minimum atomic E-state index is -3.61. The van der Waals surface area contributed by atoms with E-state index in [9.17, 15) is 18.0 Å². The molecule has 1 amide bonds. The maximum absolute atomic E-state index is 12.8. The van der Waals surface area contributed by atoms with Crippen LogP contribution in [0.2, 0.25) is 0 Å². The van der Waals surface area contributed by atoms with E-state index in [1.54, 1.807) is 27.3 Å². The highest BCUT2D eigenvalue weighted by Crippen LogP contribution is 2.18. The largest absolute Gasteiger partial charge is 0.352 e. The molecular formula is C22H28N4O4S. The first kappa shape index (κ1) is 22.8. The molecule has 0 saturated heterocycles. The van der Waals surface area contributed by atoms with Crippen LogP contribution < -0.4 is 11.0 Å². The van der Waals surface area contributed by atoms with Crippen molar-refractivity contribution in [2.24, 2.45) is 0 Å². The highest BCUT2D eigenvalue weighted by molar-refractivity contribution is 7.89. The van der Waals surface area contributed by atoms with Crippen molar-refractivity contribution in [3.05, 3.63) is 64.6 Å². The Morgan fingerprint density at radius 2 is 1.55 bits per heavy atom. The van der Waals surface area contributed by atoms with Gasteiger partial charge in [0.25, 0.3) is 0 Å². The highest BCUT2D eigenvalue weighted by Gasteiger charge is 2.21. The fourth-order valence-corrected chi connectivity index (χ4v) is 4.64. The monoisotopic (exact) mass is 444 g/mol. The first-order chi connectivity index (χ1) is 14.8. The van der Waals surface area contributed by atoms with Crippen LogP contribution in [0.25, 0.3) is 11.0 Å². The molecule has 0 aliphatic heterocycles. The first-order valence-electron chi connectivity index (χ1n) is 10.2. The van der Waals surface area contributed by atoms with Gasteiger partial charge in [-0.2, -0.15) is 0 Å². The molecule has 0 fully saturated rings. The van der Waals surface area contributed by atoms with Gasteiger partial charge in [0.05, 0.1) is 15.9 Å². The Kier molecular flexibility index (Phi) is 6.97. The summed E-state index contributed by atoms with van der Waals surface area (Å²) in [6, 6.07) is 14.1. The number of carbonyl (C=O) groups excluding carboxylic acids is 1. The second-order valence-electron chi connectivity index (χ2n) is 7.50. The summed E-state index contributed by atoms with van der Waals surface area (Å²) in [4.78, 5) is 25.4. The van der Waals surface area contributed by atoms with Gasteiger partial charge in [-0.05, 0) is 30.2 Å². The number of amides is 1. The van der Waals surface area contributed by atoms with Gasteiger partial charge in [0.1, 0.15) is 0 Å². The van der Waals surface area contributed by atoms with Crippen molar-refractivity contribution in [3.63, 3.8) is 0 Å². The Morgan fingerprint density at radius 1 is 0.968 bits per heavy atom. The molecule has 1 aromatic heterocycles. The van der Waals surface area contributed by atoms with Crippen LogP contribution in [0.3, 0.4) is 0 Å². The lowest BCUT2D eigenvalue weighted by atomic mass is 10.2. The molecule has 3 rings (SSSR count). The van der Waals surface area contributed by atoms with E-state index in [-0.39, 0.29) is 36.0 Å². The van der Waals surface area contributed by atoms with E-state index in [0.717, 1.165) is 21.8 Å². The second kappa shape index (κ2) is 9.49. The standard InChI is InChI=1S/C22H28N4O4S/c1-4-14-25-18-10-6-7-11-19(18)26(22(25)28)15-13-21(27)23-16-17-9-5-8-12-20(17)31(29,30)24(2)3/h5-12H,4,13-16H2,1-3H3,(H,23,27). The number of aryl methyl sites for hydroxylation is 2. The summed E-state index contributed by atoms with van der Waals surface area (Å²) in [6.07, 6.45) is 0.951. The van der Waals surface area contributed by atoms with Crippen molar-refractivity contribution < 1.29 is 13.2 Å². The van der Waals surface area contributed by atoms with Gasteiger partial charge in [-0.25, -0.2) is 17.5 Å². The van der Waals surface area contributed by atoms with Crippen molar-refractivity contribution in [2.75, 3.05) is 14.1 Å². The number of rotatable bonds is 9. The second-order valence-corrected chi connectivity index (χ2v) is 9.62. The fraction of sp³-hybridized carbons (Fsp3) is 0.364. The lowest BCUT2D eigenvalue weighted by Crippen LogP contribution is -2.29. The summed E-state index contributed by atoms with van der Waals surface area (Å²) in [5.74, 6) is -0.253. The molecule has 0 saturated carbocycles. The highest BCUT2D eigenvalue weighted by atomic mass is 32.2. The minimum absolute atomic E-state index is 0.0918. The average molecular weight is 445 g/mol. The molecule has 0 aliphatic rings. The quantitative estimate of drug-likeness (QED) is 0.547. The molecule has 0 atom stereocenters. The summed E-state index contributed by atoms with van der Waals surface area (Å²) in [5.41, 5.74) is 2.05. The van der Waals surface area contributed by atoms with Gasteiger partial charge in [-0.15, -0.1) is 0 Å². The number of para-hydroxylation sites is 2. The number of hydrogen-bond donors (Lipinski definition) is 1. The molecule has 0 aliphatic carbocycles. The SMILES string of the molecule is CCCn1c(=O)n(CCC(=O)NCc2ccccc2S(=O)(=O)N(C)C)c2ccccc21. The summed E-state index contributed by atoms with van der Waals surface area (Å²) in [5, 5.41) is 2.78. The van der Waals surface area contributed by atoms with Gasteiger partial charge in [0, 0.05) is 40.2 Å². The lowest BCUT2D eigenvalue weighted by Gasteiger charge is -2.15. The van der Waals surface area contributed by atoms with E-state index in [1.807, 2.05) is 31.2 Å². The molecule has 2 aromatic carbocycles. The van der Waals surface area contributed by atoms with Gasteiger partial charge in [0.2, 0.25) is 15.9 Å². The van der Waals surface area contributed by atoms with Crippen LogP contribution in [-0.2, 0) is 34.5 Å². The molecule has 0 unspecified atom stereocenters. The van der Waals surface area contributed by atoms with Crippen molar-refractivity contribution >= 4 is 27.0 Å². The summed E-state index contributed by atoms with van der Waals surface area (Å²) < 4.78 is 29.5. The van der Waals surface area contributed by atoms with Gasteiger partial charge in [-0.1, -0.05) is 37.3 Å². The predicted molar refractivity (Wildman–Crippen MR) is 120 cm³/mol. The summed E-state index contributed by atoms with van der Waals surface area (Å²) >= 11 is 0. The fourth-order valence-electron chi connectivity index (χ4n) is 3.52. The minimum Gasteiger partial charge on any atom is -0.352 e. The lowest BCUT2D eigenvalue weighted by molar-refractivity contribution is -0.121. The molecule has 0 bridgehead atoms. The zero-order valence-electron chi connectivity index (χ0n) is 18.0. The number of fused-ring (bicyclic) bond motifs is 1. The van der Waals surface area contributed by atoms with Crippen LogP contribution in [0.15, 0.2) is 58.2 Å². The van der Waals surface area contributed by atoms with E-state index < -0.39 is 10.0 Å². The normalized spacial score (nSPS) is 11.9. The van der Waals surface area contributed by atoms with Gasteiger partial charge < -0.3 is 5.32 Å². The molecule has 3 aromatic rings. The maximum atomic E-state index is 12.8. The number of hydrogen-bond acceptors (Lipinski definition) is 4. The topological polar surface area (TPSA) is 93.4 Å². The number of imidazole rings is 1. The Bertz CT molecular complexity index is 1240. The molecule has 1 N–H and O–H groups in total. The average Bonchev–Trinajstić information content (AvgIpc) is 3.02.